The molecule has 2 aromatic rings. The quantitative estimate of drug-likeness (QED) is 0.790. The summed E-state index contributed by atoms with van der Waals surface area (Å²) >= 11 is 0. The van der Waals surface area contributed by atoms with Gasteiger partial charge in [0.05, 0.1) is 31.6 Å². The minimum atomic E-state index is -0.996. The van der Waals surface area contributed by atoms with Crippen LogP contribution in [0.5, 0.6) is 0 Å². The number of carbonyl (C=O) groups excluding carboxylic acids is 2. The van der Waals surface area contributed by atoms with Gasteiger partial charge < -0.3 is 20.0 Å². The van der Waals surface area contributed by atoms with E-state index in [4.69, 9.17) is 20.0 Å². The van der Waals surface area contributed by atoms with Crippen molar-refractivity contribution >= 4 is 28.9 Å². The number of carbonyl (C=O) groups is 2. The first-order valence-electron chi connectivity index (χ1n) is 8.13. The molecule has 2 amide bonds. The van der Waals surface area contributed by atoms with Crippen LogP contribution >= 0.6 is 0 Å². The average Bonchev–Trinajstić information content (AvgIpc) is 3.12. The van der Waals surface area contributed by atoms with Crippen LogP contribution in [-0.4, -0.2) is 52.5 Å². The minimum absolute atomic E-state index is 0.0169. The summed E-state index contributed by atoms with van der Waals surface area (Å²) in [6.45, 7) is 6.04. The normalized spacial score (nSPS) is 18.6. The number of amides is 2. The molecule has 3 N–H and O–H groups in total. The van der Waals surface area contributed by atoms with E-state index in [1.54, 1.807) is 6.07 Å². The maximum absolute atomic E-state index is 12.0. The van der Waals surface area contributed by atoms with E-state index in [0.29, 0.717) is 22.6 Å². The lowest BCUT2D eigenvalue weighted by molar-refractivity contribution is -0.124. The molecule has 26 heavy (non-hydrogen) atoms. The number of nitrogens with two attached hydrogens (primary N) is 1. The first kappa shape index (κ1) is 17.9. The molecule has 0 bridgehead atoms. The minimum Gasteiger partial charge on any atom is -0.434 e. The number of nitrogens with zero attached hydrogens (tertiary/aromatic N) is 4. The van der Waals surface area contributed by atoms with E-state index in [-0.39, 0.29) is 25.2 Å². The molecule has 0 aromatic carbocycles. The molecule has 1 atom stereocenters. The van der Waals surface area contributed by atoms with Crippen molar-refractivity contribution in [3.05, 3.63) is 17.9 Å². The summed E-state index contributed by atoms with van der Waals surface area (Å²) in [5.74, 6) is -0.705. The van der Waals surface area contributed by atoms with Crippen LogP contribution in [-0.2, 0) is 15.1 Å². The Hall–Kier alpha value is -2.88. The number of hydrogen-bond donors (Lipinski definition) is 2. The van der Waals surface area contributed by atoms with E-state index in [1.165, 1.54) is 11.1 Å². The topological polar surface area (TPSA) is 136 Å². The number of fused-ring (bicyclic) bond motifs is 1. The van der Waals surface area contributed by atoms with Crippen LogP contribution < -0.4 is 16.3 Å². The second-order valence-electron chi connectivity index (χ2n) is 6.90. The number of oxazole rings is 1. The monoisotopic (exact) mass is 363 g/mol. The van der Waals surface area contributed by atoms with Crippen molar-refractivity contribution in [1.82, 2.24) is 9.55 Å². The predicted molar refractivity (Wildman–Crippen MR) is 91.3 cm³/mol. The highest BCUT2D eigenvalue weighted by atomic mass is 16.6. The van der Waals surface area contributed by atoms with Crippen LogP contribution in [0.3, 0.4) is 0 Å². The van der Waals surface area contributed by atoms with Gasteiger partial charge in [0.1, 0.15) is 0 Å². The second kappa shape index (κ2) is 6.45. The fourth-order valence-corrected chi connectivity index (χ4v) is 2.73. The zero-order valence-corrected chi connectivity index (χ0v) is 14.8. The van der Waals surface area contributed by atoms with Gasteiger partial charge in [0.2, 0.25) is 0 Å². The Morgan fingerprint density at radius 2 is 2.23 bits per heavy atom. The van der Waals surface area contributed by atoms with Crippen molar-refractivity contribution in [3.63, 3.8) is 0 Å². The van der Waals surface area contributed by atoms with Gasteiger partial charge in [0, 0.05) is 11.6 Å². The molecule has 0 saturated carbocycles. The van der Waals surface area contributed by atoms with Crippen LogP contribution in [0.15, 0.2) is 21.7 Å². The van der Waals surface area contributed by atoms with E-state index in [0.717, 1.165) is 0 Å². The van der Waals surface area contributed by atoms with E-state index in [9.17, 15) is 9.59 Å². The molecule has 1 aliphatic rings. The van der Waals surface area contributed by atoms with E-state index in [2.05, 4.69) is 9.98 Å². The lowest BCUT2D eigenvalue weighted by atomic mass is 10.1. The smallest absolute Gasteiger partial charge is 0.415 e. The Bertz CT molecular complexity index is 923. The van der Waals surface area contributed by atoms with Gasteiger partial charge in [0.15, 0.2) is 17.3 Å². The Labute approximate surface area is 148 Å². The number of ether oxygens (including phenoxy) is 1. The van der Waals surface area contributed by atoms with Crippen LogP contribution in [0.1, 0.15) is 20.8 Å². The predicted octanol–water partition coefficient (Wildman–Crippen LogP) is 0.0878. The Morgan fingerprint density at radius 1 is 1.50 bits per heavy atom. The van der Waals surface area contributed by atoms with Crippen LogP contribution in [0.4, 0.5) is 10.5 Å². The van der Waals surface area contributed by atoms with Crippen molar-refractivity contribution in [2.45, 2.75) is 32.4 Å². The number of aliphatic hydroxyl groups excluding tert-OH is 1. The number of pyridine rings is 1. The number of cyclic esters (lactones) is 1. The van der Waals surface area contributed by atoms with Gasteiger partial charge in [-0.2, -0.15) is 0 Å². The first-order chi connectivity index (χ1) is 12.2. The van der Waals surface area contributed by atoms with Crippen molar-refractivity contribution in [2.24, 2.45) is 10.7 Å². The molecule has 10 heteroatoms. The van der Waals surface area contributed by atoms with Crippen LogP contribution in [0.25, 0.3) is 11.2 Å². The highest BCUT2D eigenvalue weighted by Gasteiger charge is 2.36. The van der Waals surface area contributed by atoms with Crippen LogP contribution in [0, 0.1) is 0 Å². The molecule has 140 valence electrons. The number of primary amides is 1. The lowest BCUT2D eigenvalue weighted by Crippen LogP contribution is -2.33. The van der Waals surface area contributed by atoms with E-state index in [1.807, 2.05) is 25.3 Å². The number of anilines is 1. The zero-order chi connectivity index (χ0) is 19.1. The average molecular weight is 363 g/mol. The SMILES string of the molecule is CC(C)(C)n1/c(=N\CCO)oc2cc(N3C[C@H](C(N)=O)OC3=O)cnc21. The molecule has 1 saturated heterocycles. The highest BCUT2D eigenvalue weighted by molar-refractivity contribution is 5.95. The number of aliphatic hydroxyl groups is 1. The van der Waals surface area contributed by atoms with Crippen molar-refractivity contribution in [3.8, 4) is 0 Å². The van der Waals surface area contributed by atoms with Gasteiger partial charge in [-0.15, -0.1) is 0 Å². The summed E-state index contributed by atoms with van der Waals surface area (Å²) in [6, 6.07) is 1.63. The fourth-order valence-electron chi connectivity index (χ4n) is 2.73. The fraction of sp³-hybridized carbons (Fsp3) is 0.500. The highest BCUT2D eigenvalue weighted by Crippen LogP contribution is 2.26. The van der Waals surface area contributed by atoms with Gasteiger partial charge >= 0.3 is 6.09 Å². The summed E-state index contributed by atoms with van der Waals surface area (Å²) in [7, 11) is 0. The van der Waals surface area contributed by atoms with Crippen molar-refractivity contribution in [2.75, 3.05) is 24.6 Å². The molecule has 0 spiro atoms. The largest absolute Gasteiger partial charge is 0.434 e. The number of aromatic nitrogens is 2. The molecule has 0 unspecified atom stereocenters. The molecule has 3 rings (SSSR count). The Balaban J connectivity index is 2.08. The summed E-state index contributed by atoms with van der Waals surface area (Å²) in [4.78, 5) is 33.2. The molecule has 3 heterocycles. The molecule has 2 aromatic heterocycles. The van der Waals surface area contributed by atoms with E-state index >= 15 is 0 Å². The third-order valence-electron chi connectivity index (χ3n) is 3.88. The third kappa shape index (κ3) is 3.15. The maximum atomic E-state index is 12.0. The van der Waals surface area contributed by atoms with E-state index < -0.39 is 18.1 Å². The summed E-state index contributed by atoms with van der Waals surface area (Å²) < 4.78 is 12.5. The molecule has 1 aliphatic heterocycles. The molecular weight excluding hydrogens is 342 g/mol. The first-order valence-corrected chi connectivity index (χ1v) is 8.13. The van der Waals surface area contributed by atoms with Gasteiger partial charge in [-0.3, -0.25) is 14.3 Å². The zero-order valence-electron chi connectivity index (χ0n) is 14.8. The maximum Gasteiger partial charge on any atom is 0.415 e. The summed E-state index contributed by atoms with van der Waals surface area (Å²) in [5.41, 5.74) is 6.56. The summed E-state index contributed by atoms with van der Waals surface area (Å²) in [5, 5.41) is 9.03. The Kier molecular flexibility index (Phi) is 4.45. The molecule has 0 aliphatic carbocycles. The molecule has 10 nitrogen and oxygen atoms in total. The number of rotatable bonds is 4. The second-order valence-corrected chi connectivity index (χ2v) is 6.90. The van der Waals surface area contributed by atoms with Crippen molar-refractivity contribution < 1.29 is 23.8 Å². The van der Waals surface area contributed by atoms with Crippen molar-refractivity contribution in [1.29, 1.82) is 0 Å². The molecule has 0 radical (unpaired) electrons. The molecule has 1 fully saturated rings. The standard InChI is InChI=1S/C16H21N5O5/c1-16(2,3)21-13-10(25-14(21)18-4-5-22)6-9(7-19-13)20-8-11(12(17)23)26-15(20)24/h6-7,11,22H,4-5,8H2,1-3H3,(H2,17,23)/b18-14+/t11-/m1/s1. The van der Waals surface area contributed by atoms with Gasteiger partial charge in [0.25, 0.3) is 11.6 Å². The van der Waals surface area contributed by atoms with Gasteiger partial charge in [-0.25, -0.2) is 14.8 Å². The third-order valence-corrected chi connectivity index (χ3v) is 3.88. The number of hydrogen-bond acceptors (Lipinski definition) is 7. The molecular formula is C16H21N5O5. The van der Waals surface area contributed by atoms with Gasteiger partial charge in [-0.05, 0) is 20.8 Å². The van der Waals surface area contributed by atoms with Gasteiger partial charge in [-0.1, -0.05) is 0 Å². The lowest BCUT2D eigenvalue weighted by Gasteiger charge is -2.20. The Morgan fingerprint density at radius 3 is 2.81 bits per heavy atom. The van der Waals surface area contributed by atoms with Crippen LogP contribution in [0.2, 0.25) is 0 Å². The summed E-state index contributed by atoms with van der Waals surface area (Å²) in [6.07, 6.45) is -0.166.